The summed E-state index contributed by atoms with van der Waals surface area (Å²) in [6.07, 6.45) is 3.15. The highest BCUT2D eigenvalue weighted by Crippen LogP contribution is 2.43. The smallest absolute Gasteiger partial charge is 0.331 e. The Labute approximate surface area is 162 Å². The molecular formula is C19H26N4O5. The number of carbonyl (C=O) groups excluding carboxylic acids is 2. The van der Waals surface area contributed by atoms with Crippen molar-refractivity contribution in [3.8, 4) is 0 Å². The van der Waals surface area contributed by atoms with Crippen molar-refractivity contribution in [2.24, 2.45) is 25.4 Å². The molecule has 9 nitrogen and oxygen atoms in total. The molecular weight excluding hydrogens is 364 g/mol. The lowest BCUT2D eigenvalue weighted by Crippen LogP contribution is -2.50. The molecule has 28 heavy (non-hydrogen) atoms. The average molecular weight is 390 g/mol. The van der Waals surface area contributed by atoms with Crippen LogP contribution in [0.3, 0.4) is 0 Å². The standard InChI is InChI=1S/C19H26N4O5/c1-20-14(8-15(24)21(2)18(20)27)16(25)23-9-13-10-28-12-19(13,11-23)17(26)22-6-4-3-5-7-22/h8,13H,3-7,9-12H2,1-2H3/t13-,19-/m0/s1. The highest BCUT2D eigenvalue weighted by Gasteiger charge is 2.58. The summed E-state index contributed by atoms with van der Waals surface area (Å²) in [6, 6.07) is 1.19. The van der Waals surface area contributed by atoms with Crippen molar-refractivity contribution in [3.63, 3.8) is 0 Å². The van der Waals surface area contributed by atoms with Crippen LogP contribution in [0.1, 0.15) is 29.8 Å². The first-order valence-electron chi connectivity index (χ1n) is 9.78. The number of carbonyl (C=O) groups is 2. The van der Waals surface area contributed by atoms with Crippen molar-refractivity contribution in [1.29, 1.82) is 0 Å². The number of fused-ring (bicyclic) bond motifs is 1. The van der Waals surface area contributed by atoms with E-state index in [9.17, 15) is 19.2 Å². The molecule has 0 aliphatic carbocycles. The summed E-state index contributed by atoms with van der Waals surface area (Å²) in [5.41, 5.74) is -1.73. The van der Waals surface area contributed by atoms with E-state index in [0.717, 1.165) is 36.9 Å². The van der Waals surface area contributed by atoms with Crippen molar-refractivity contribution in [3.05, 3.63) is 32.6 Å². The monoisotopic (exact) mass is 390 g/mol. The van der Waals surface area contributed by atoms with E-state index < -0.39 is 22.6 Å². The SMILES string of the molecule is Cn1c(C(=O)N2C[C@H]3COC[C@@]3(C(=O)N3CCCCC3)C2)cc(=O)n(C)c1=O. The minimum absolute atomic E-state index is 0.0505. The van der Waals surface area contributed by atoms with Crippen LogP contribution in [-0.4, -0.2) is 70.1 Å². The zero-order valence-corrected chi connectivity index (χ0v) is 16.3. The summed E-state index contributed by atoms with van der Waals surface area (Å²) in [5, 5.41) is 0. The molecule has 9 heteroatoms. The number of aromatic nitrogens is 2. The third-order valence-corrected chi connectivity index (χ3v) is 6.48. The van der Waals surface area contributed by atoms with Gasteiger partial charge in [0.1, 0.15) is 5.69 Å². The van der Waals surface area contributed by atoms with Gasteiger partial charge in [-0.15, -0.1) is 0 Å². The molecule has 152 valence electrons. The predicted octanol–water partition coefficient (Wildman–Crippen LogP) is -0.815. The molecule has 1 aromatic heterocycles. The van der Waals surface area contributed by atoms with Gasteiger partial charge in [0.2, 0.25) is 5.91 Å². The summed E-state index contributed by atoms with van der Waals surface area (Å²) in [5.74, 6) is -0.380. The van der Waals surface area contributed by atoms with E-state index in [0.29, 0.717) is 19.8 Å². The molecule has 0 aromatic carbocycles. The lowest BCUT2D eigenvalue weighted by Gasteiger charge is -2.35. The molecule has 2 atom stereocenters. The van der Waals surface area contributed by atoms with E-state index in [-0.39, 0.29) is 24.1 Å². The van der Waals surface area contributed by atoms with E-state index in [1.54, 1.807) is 4.90 Å². The van der Waals surface area contributed by atoms with Crippen LogP contribution in [0, 0.1) is 11.3 Å². The van der Waals surface area contributed by atoms with E-state index >= 15 is 0 Å². The van der Waals surface area contributed by atoms with E-state index in [1.807, 2.05) is 4.90 Å². The largest absolute Gasteiger partial charge is 0.380 e. The number of piperidine rings is 1. The molecule has 0 bridgehead atoms. The van der Waals surface area contributed by atoms with Crippen LogP contribution >= 0.6 is 0 Å². The Morgan fingerprint density at radius 1 is 1.07 bits per heavy atom. The Morgan fingerprint density at radius 3 is 2.50 bits per heavy atom. The predicted molar refractivity (Wildman–Crippen MR) is 100 cm³/mol. The number of likely N-dealkylation sites (tertiary alicyclic amines) is 2. The highest BCUT2D eigenvalue weighted by atomic mass is 16.5. The van der Waals surface area contributed by atoms with Gasteiger partial charge < -0.3 is 14.5 Å². The van der Waals surface area contributed by atoms with Crippen molar-refractivity contribution in [2.45, 2.75) is 19.3 Å². The fourth-order valence-electron chi connectivity index (χ4n) is 4.70. The van der Waals surface area contributed by atoms with Crippen LogP contribution in [0.15, 0.2) is 15.7 Å². The topological polar surface area (TPSA) is 93.8 Å². The van der Waals surface area contributed by atoms with Crippen molar-refractivity contribution < 1.29 is 14.3 Å². The van der Waals surface area contributed by atoms with E-state index in [1.165, 1.54) is 24.7 Å². The normalized spacial score (nSPS) is 27.1. The second-order valence-electron chi connectivity index (χ2n) is 8.18. The van der Waals surface area contributed by atoms with Crippen LogP contribution in [0.5, 0.6) is 0 Å². The molecule has 4 rings (SSSR count). The Hall–Kier alpha value is -2.42. The minimum Gasteiger partial charge on any atom is -0.380 e. The Kier molecular flexibility index (Phi) is 4.65. The molecule has 0 radical (unpaired) electrons. The third-order valence-electron chi connectivity index (χ3n) is 6.48. The Morgan fingerprint density at radius 2 is 1.79 bits per heavy atom. The number of nitrogens with zero attached hydrogens (tertiary/aromatic N) is 4. The maximum absolute atomic E-state index is 13.3. The van der Waals surface area contributed by atoms with Gasteiger partial charge in [-0.1, -0.05) is 0 Å². The van der Waals surface area contributed by atoms with Gasteiger partial charge >= 0.3 is 5.69 Å². The van der Waals surface area contributed by atoms with Crippen LogP contribution in [0.25, 0.3) is 0 Å². The van der Waals surface area contributed by atoms with Gasteiger partial charge in [-0.2, -0.15) is 0 Å². The number of hydrogen-bond donors (Lipinski definition) is 0. The van der Waals surface area contributed by atoms with Gasteiger partial charge in [0.05, 0.1) is 18.6 Å². The number of amides is 2. The average Bonchev–Trinajstić information content (AvgIpc) is 3.27. The van der Waals surface area contributed by atoms with Crippen LogP contribution in [0.4, 0.5) is 0 Å². The van der Waals surface area contributed by atoms with Gasteiger partial charge in [-0.25, -0.2) is 4.79 Å². The molecule has 3 aliphatic heterocycles. The molecule has 0 spiro atoms. The number of rotatable bonds is 2. The van der Waals surface area contributed by atoms with Crippen LogP contribution in [0.2, 0.25) is 0 Å². The summed E-state index contributed by atoms with van der Waals surface area (Å²) in [7, 11) is 2.85. The fourth-order valence-corrected chi connectivity index (χ4v) is 4.70. The molecule has 0 saturated carbocycles. The second-order valence-corrected chi connectivity index (χ2v) is 8.18. The first kappa shape index (κ1) is 18.9. The lowest BCUT2D eigenvalue weighted by atomic mass is 9.79. The van der Waals surface area contributed by atoms with Gasteiger partial charge in [0.15, 0.2) is 0 Å². The lowest BCUT2D eigenvalue weighted by molar-refractivity contribution is -0.143. The van der Waals surface area contributed by atoms with E-state index in [4.69, 9.17) is 4.74 Å². The molecule has 4 heterocycles. The van der Waals surface area contributed by atoms with Gasteiger partial charge in [-0.3, -0.25) is 23.5 Å². The summed E-state index contributed by atoms with van der Waals surface area (Å²) in [4.78, 5) is 54.1. The molecule has 3 aliphatic rings. The fraction of sp³-hybridized carbons (Fsp3) is 0.684. The number of ether oxygens (including phenoxy) is 1. The quantitative estimate of drug-likeness (QED) is 0.658. The maximum atomic E-state index is 13.3. The Balaban J connectivity index is 1.62. The molecule has 2 amide bonds. The molecule has 3 saturated heterocycles. The summed E-state index contributed by atoms with van der Waals surface area (Å²) < 4.78 is 7.80. The Bertz CT molecular complexity index is 929. The molecule has 1 aromatic rings. The molecule has 0 unspecified atom stereocenters. The van der Waals surface area contributed by atoms with Crippen molar-refractivity contribution in [1.82, 2.24) is 18.9 Å². The van der Waals surface area contributed by atoms with Gasteiger partial charge in [0, 0.05) is 52.3 Å². The van der Waals surface area contributed by atoms with Crippen molar-refractivity contribution >= 4 is 11.8 Å². The second kappa shape index (κ2) is 6.88. The summed E-state index contributed by atoms with van der Waals surface area (Å²) in [6.45, 7) is 2.91. The van der Waals surface area contributed by atoms with Crippen LogP contribution in [-0.2, 0) is 23.6 Å². The first-order chi connectivity index (χ1) is 13.3. The minimum atomic E-state index is -0.717. The van der Waals surface area contributed by atoms with Gasteiger partial charge in [-0.05, 0) is 19.3 Å². The van der Waals surface area contributed by atoms with Crippen LogP contribution < -0.4 is 11.2 Å². The van der Waals surface area contributed by atoms with E-state index in [2.05, 4.69) is 0 Å². The maximum Gasteiger partial charge on any atom is 0.331 e. The van der Waals surface area contributed by atoms with Crippen molar-refractivity contribution in [2.75, 3.05) is 39.4 Å². The third kappa shape index (κ3) is 2.80. The molecule has 0 N–H and O–H groups in total. The zero-order valence-electron chi connectivity index (χ0n) is 16.3. The number of hydrogen-bond acceptors (Lipinski definition) is 5. The first-order valence-corrected chi connectivity index (χ1v) is 9.78. The summed E-state index contributed by atoms with van der Waals surface area (Å²) >= 11 is 0. The molecule has 3 fully saturated rings. The van der Waals surface area contributed by atoms with Gasteiger partial charge in [0.25, 0.3) is 11.5 Å². The highest BCUT2D eigenvalue weighted by molar-refractivity contribution is 5.94. The zero-order chi connectivity index (χ0) is 20.1.